The van der Waals surface area contributed by atoms with Crippen LogP contribution in [0.3, 0.4) is 0 Å². The van der Waals surface area contributed by atoms with Gasteiger partial charge in [0.05, 0.1) is 39.1 Å². The number of carboxylic acids is 2. The maximum Gasteiger partial charge on any atom is 0.303 e. The van der Waals surface area contributed by atoms with Crippen LogP contribution in [0.15, 0.2) is 12.2 Å². The first-order valence-corrected chi connectivity index (χ1v) is 9.00. The van der Waals surface area contributed by atoms with Crippen molar-refractivity contribution in [2.45, 2.75) is 58.3 Å². The minimum Gasteiger partial charge on any atom is -0.481 e. The third-order valence-electron chi connectivity index (χ3n) is 4.25. The number of unbranched alkanes of at least 4 members (excludes halogenated alkanes) is 3. The largest absolute Gasteiger partial charge is 0.481 e. The highest BCUT2D eigenvalue weighted by Crippen LogP contribution is 2.13. The van der Waals surface area contributed by atoms with Crippen molar-refractivity contribution >= 4 is 11.9 Å². The van der Waals surface area contributed by atoms with E-state index in [1.54, 1.807) is 0 Å². The number of rotatable bonds is 16. The average molecular weight is 344 g/mol. The van der Waals surface area contributed by atoms with E-state index in [-0.39, 0.29) is 19.4 Å². The summed E-state index contributed by atoms with van der Waals surface area (Å²) in [5, 5.41) is 27.1. The number of aliphatic hydroxyl groups excluding tert-OH is 1. The summed E-state index contributed by atoms with van der Waals surface area (Å²) in [6.07, 6.45) is 10.1. The number of carboxylic acid groups (broad SMARTS) is 2. The van der Waals surface area contributed by atoms with E-state index < -0.39 is 11.9 Å². The van der Waals surface area contributed by atoms with Crippen LogP contribution in [0.5, 0.6) is 0 Å². The van der Waals surface area contributed by atoms with Gasteiger partial charge in [-0.05, 0) is 18.9 Å². The molecule has 24 heavy (non-hydrogen) atoms. The molecule has 0 radical (unpaired) electrons. The van der Waals surface area contributed by atoms with Gasteiger partial charge in [-0.2, -0.15) is 0 Å². The predicted octanol–water partition coefficient (Wildman–Crippen LogP) is 2.66. The van der Waals surface area contributed by atoms with Crippen LogP contribution in [0.4, 0.5) is 0 Å². The minimum absolute atomic E-state index is 0.0177. The molecule has 0 aliphatic heterocycles. The van der Waals surface area contributed by atoms with Gasteiger partial charge in [-0.15, -0.1) is 0 Å². The van der Waals surface area contributed by atoms with Crippen LogP contribution >= 0.6 is 0 Å². The number of hydrogen-bond acceptors (Lipinski definition) is 3. The number of quaternary nitrogens is 1. The van der Waals surface area contributed by atoms with Crippen molar-refractivity contribution in [2.75, 3.05) is 32.8 Å². The lowest BCUT2D eigenvalue weighted by Gasteiger charge is -2.37. The maximum atomic E-state index is 10.8. The molecule has 0 aliphatic carbocycles. The van der Waals surface area contributed by atoms with Gasteiger partial charge in [-0.3, -0.25) is 9.59 Å². The Morgan fingerprint density at radius 1 is 0.875 bits per heavy atom. The third kappa shape index (κ3) is 12.1. The van der Waals surface area contributed by atoms with Gasteiger partial charge in [-0.25, -0.2) is 0 Å². The van der Waals surface area contributed by atoms with Gasteiger partial charge in [-0.1, -0.05) is 25.8 Å². The molecule has 0 rings (SSSR count). The standard InChI is InChI=1S/C18H33NO5/c1-2-3-4-5-6-7-12-19(15-16-20,13-8-10-17(21)22)14-9-11-18(23)24/h6-7,20H,2-5,8-16H2,1H3,(H-,21,22,23,24)/p+1/b7-6+. The zero-order valence-electron chi connectivity index (χ0n) is 15.0. The molecule has 6 nitrogen and oxygen atoms in total. The monoisotopic (exact) mass is 344 g/mol. The molecule has 0 heterocycles. The summed E-state index contributed by atoms with van der Waals surface area (Å²) in [7, 11) is 0. The summed E-state index contributed by atoms with van der Waals surface area (Å²) >= 11 is 0. The molecule has 0 aliphatic rings. The second kappa shape index (κ2) is 14.0. The molecule has 0 amide bonds. The van der Waals surface area contributed by atoms with Gasteiger partial charge in [0.1, 0.15) is 6.54 Å². The summed E-state index contributed by atoms with van der Waals surface area (Å²) in [6, 6.07) is 0. The molecule has 0 bridgehead atoms. The molecule has 0 saturated heterocycles. The van der Waals surface area contributed by atoms with Gasteiger partial charge in [0.15, 0.2) is 0 Å². The molecule has 0 aromatic carbocycles. The molecule has 0 aromatic rings. The van der Waals surface area contributed by atoms with Gasteiger partial charge in [0.2, 0.25) is 0 Å². The number of allylic oxidation sites excluding steroid dienone is 1. The van der Waals surface area contributed by atoms with Crippen LogP contribution in [0, 0.1) is 0 Å². The third-order valence-corrected chi connectivity index (χ3v) is 4.25. The molecule has 0 atom stereocenters. The Kier molecular flexibility index (Phi) is 13.2. The molecule has 0 saturated carbocycles. The first-order valence-electron chi connectivity index (χ1n) is 9.00. The maximum absolute atomic E-state index is 10.8. The molecule has 0 unspecified atom stereocenters. The zero-order chi connectivity index (χ0) is 18.3. The molecule has 0 aromatic heterocycles. The number of aliphatic hydroxyl groups is 1. The van der Waals surface area contributed by atoms with Crippen LogP contribution in [0.1, 0.15) is 58.3 Å². The summed E-state index contributed by atoms with van der Waals surface area (Å²) in [5.41, 5.74) is 0. The highest BCUT2D eigenvalue weighted by molar-refractivity contribution is 5.66. The van der Waals surface area contributed by atoms with Crippen LogP contribution in [0.2, 0.25) is 0 Å². The normalized spacial score (nSPS) is 11.9. The van der Waals surface area contributed by atoms with Crippen LogP contribution < -0.4 is 0 Å². The van der Waals surface area contributed by atoms with Crippen molar-refractivity contribution in [2.24, 2.45) is 0 Å². The quantitative estimate of drug-likeness (QED) is 0.227. The summed E-state index contributed by atoms with van der Waals surface area (Å²) in [6.45, 7) is 4.71. The van der Waals surface area contributed by atoms with Gasteiger partial charge >= 0.3 is 11.9 Å². The molecule has 6 heteroatoms. The lowest BCUT2D eigenvalue weighted by atomic mass is 10.1. The van der Waals surface area contributed by atoms with Crippen molar-refractivity contribution in [1.29, 1.82) is 0 Å². The van der Waals surface area contributed by atoms with Crippen molar-refractivity contribution in [3.05, 3.63) is 12.2 Å². The molecular weight excluding hydrogens is 310 g/mol. The molecule has 3 N–H and O–H groups in total. The zero-order valence-corrected chi connectivity index (χ0v) is 15.0. The summed E-state index contributed by atoms with van der Waals surface area (Å²) < 4.78 is 0.557. The van der Waals surface area contributed by atoms with E-state index in [9.17, 15) is 14.7 Å². The Labute approximate surface area is 145 Å². The highest BCUT2D eigenvalue weighted by Gasteiger charge is 2.25. The van der Waals surface area contributed by atoms with Crippen LogP contribution in [-0.4, -0.2) is 64.5 Å². The molecule has 140 valence electrons. The Bertz CT molecular complexity index is 362. The van der Waals surface area contributed by atoms with Crippen molar-refractivity contribution in [3.8, 4) is 0 Å². The highest BCUT2D eigenvalue weighted by atomic mass is 16.4. The SMILES string of the molecule is CCCCC/C=C/C[N+](CCO)(CCCC(=O)O)CCCC(=O)O. The van der Waals surface area contributed by atoms with Crippen molar-refractivity contribution in [1.82, 2.24) is 0 Å². The average Bonchev–Trinajstić information content (AvgIpc) is 2.50. The molecule has 0 fully saturated rings. The van der Waals surface area contributed by atoms with Crippen LogP contribution in [0.25, 0.3) is 0 Å². The first kappa shape index (κ1) is 22.6. The lowest BCUT2D eigenvalue weighted by Crippen LogP contribution is -2.51. The van der Waals surface area contributed by atoms with E-state index >= 15 is 0 Å². The van der Waals surface area contributed by atoms with E-state index in [4.69, 9.17) is 10.2 Å². The van der Waals surface area contributed by atoms with E-state index in [1.807, 2.05) is 0 Å². The van der Waals surface area contributed by atoms with E-state index in [2.05, 4.69) is 19.1 Å². The minimum atomic E-state index is -0.822. The second-order valence-electron chi connectivity index (χ2n) is 6.38. The Morgan fingerprint density at radius 2 is 1.46 bits per heavy atom. The number of nitrogens with zero attached hydrogens (tertiary/aromatic N) is 1. The smallest absolute Gasteiger partial charge is 0.303 e. The number of aliphatic carboxylic acids is 2. The molecular formula is C18H34NO5+. The Balaban J connectivity index is 4.69. The predicted molar refractivity (Wildman–Crippen MR) is 93.8 cm³/mol. The van der Waals surface area contributed by atoms with Crippen molar-refractivity contribution in [3.63, 3.8) is 0 Å². The Morgan fingerprint density at radius 3 is 1.92 bits per heavy atom. The lowest BCUT2D eigenvalue weighted by molar-refractivity contribution is -0.923. The van der Waals surface area contributed by atoms with E-state index in [0.29, 0.717) is 43.5 Å². The fourth-order valence-electron chi connectivity index (χ4n) is 2.88. The number of hydrogen-bond donors (Lipinski definition) is 3. The number of carbonyl (C=O) groups is 2. The first-order chi connectivity index (χ1) is 11.5. The summed E-state index contributed by atoms with van der Waals surface area (Å²) in [4.78, 5) is 21.5. The van der Waals surface area contributed by atoms with Crippen LogP contribution in [-0.2, 0) is 9.59 Å². The fourth-order valence-corrected chi connectivity index (χ4v) is 2.88. The molecule has 0 spiro atoms. The Hall–Kier alpha value is -1.40. The van der Waals surface area contributed by atoms with Gasteiger partial charge in [0.25, 0.3) is 0 Å². The van der Waals surface area contributed by atoms with E-state index in [0.717, 1.165) is 12.8 Å². The topological polar surface area (TPSA) is 94.8 Å². The van der Waals surface area contributed by atoms with Gasteiger partial charge in [0, 0.05) is 12.8 Å². The summed E-state index contributed by atoms with van der Waals surface area (Å²) in [5.74, 6) is -1.64. The van der Waals surface area contributed by atoms with Gasteiger partial charge < -0.3 is 19.8 Å². The second-order valence-corrected chi connectivity index (χ2v) is 6.38. The van der Waals surface area contributed by atoms with Crippen molar-refractivity contribution < 1.29 is 29.4 Å². The fraction of sp³-hybridized carbons (Fsp3) is 0.778. The van der Waals surface area contributed by atoms with E-state index in [1.165, 1.54) is 12.8 Å².